The van der Waals surface area contributed by atoms with E-state index in [0.717, 1.165) is 19.3 Å². The maximum Gasteiger partial charge on any atom is 0.232 e. The van der Waals surface area contributed by atoms with E-state index in [1.807, 2.05) is 0 Å². The molecule has 16 heavy (non-hydrogen) atoms. The van der Waals surface area contributed by atoms with Gasteiger partial charge in [-0.3, -0.25) is 14.5 Å². The lowest BCUT2D eigenvalue weighted by atomic mass is 9.84. The maximum absolute atomic E-state index is 11.7. The molecule has 1 atom stereocenters. The Kier molecular flexibility index (Phi) is 3.02. The minimum atomic E-state index is -0.826. The molecule has 0 spiro atoms. The van der Waals surface area contributed by atoms with Gasteiger partial charge < -0.3 is 5.11 Å². The minimum absolute atomic E-state index is 0.121. The van der Waals surface area contributed by atoms with Crippen molar-refractivity contribution >= 4 is 11.8 Å². The lowest BCUT2D eigenvalue weighted by molar-refractivity contribution is -0.144. The van der Waals surface area contributed by atoms with Crippen LogP contribution in [0.5, 0.6) is 0 Å². The zero-order chi connectivity index (χ0) is 11.8. The summed E-state index contributed by atoms with van der Waals surface area (Å²) < 4.78 is 0. The zero-order valence-electron chi connectivity index (χ0n) is 9.74. The largest absolute Gasteiger partial charge is 0.388 e. The van der Waals surface area contributed by atoms with E-state index in [1.165, 1.54) is 4.90 Å². The van der Waals surface area contributed by atoms with Crippen LogP contribution in [0.15, 0.2) is 0 Å². The van der Waals surface area contributed by atoms with Crippen LogP contribution in [0.1, 0.15) is 45.4 Å². The number of nitrogens with zero attached hydrogens (tertiary/aromatic N) is 1. The number of likely N-dealkylation sites (tertiary alicyclic amines) is 1. The second-order valence-electron chi connectivity index (χ2n) is 5.21. The first-order chi connectivity index (χ1) is 7.52. The van der Waals surface area contributed by atoms with Gasteiger partial charge in [-0.05, 0) is 12.8 Å². The summed E-state index contributed by atoms with van der Waals surface area (Å²) in [6.45, 7) is 1.97. The highest BCUT2D eigenvalue weighted by atomic mass is 16.3. The standard InChI is InChI=1S/C12H19NO3/c1-9-7-10(14)13(11(9)15)8-12(16)5-3-2-4-6-12/h9,16H,2-8H2,1H3. The number of aliphatic hydroxyl groups is 1. The third-order valence-electron chi connectivity index (χ3n) is 3.71. The molecule has 1 N–H and O–H groups in total. The summed E-state index contributed by atoms with van der Waals surface area (Å²) in [6, 6.07) is 0. The molecular weight excluding hydrogens is 206 g/mol. The normalized spacial score (nSPS) is 29.9. The van der Waals surface area contributed by atoms with Crippen molar-refractivity contribution in [3.05, 3.63) is 0 Å². The predicted molar refractivity (Wildman–Crippen MR) is 58.5 cm³/mol. The smallest absolute Gasteiger partial charge is 0.232 e. The van der Waals surface area contributed by atoms with Crippen LogP contribution < -0.4 is 0 Å². The van der Waals surface area contributed by atoms with Gasteiger partial charge in [0.2, 0.25) is 11.8 Å². The zero-order valence-corrected chi connectivity index (χ0v) is 9.74. The van der Waals surface area contributed by atoms with Gasteiger partial charge in [-0.1, -0.05) is 26.2 Å². The second kappa shape index (κ2) is 4.17. The monoisotopic (exact) mass is 225 g/mol. The summed E-state index contributed by atoms with van der Waals surface area (Å²) >= 11 is 0. The molecule has 1 aliphatic carbocycles. The second-order valence-corrected chi connectivity index (χ2v) is 5.21. The highest BCUT2D eigenvalue weighted by molar-refractivity contribution is 6.03. The topological polar surface area (TPSA) is 57.6 Å². The molecule has 0 aromatic rings. The molecular formula is C12H19NO3. The number of hydrogen-bond acceptors (Lipinski definition) is 3. The van der Waals surface area contributed by atoms with Crippen molar-refractivity contribution in [3.63, 3.8) is 0 Å². The molecule has 1 saturated carbocycles. The summed E-state index contributed by atoms with van der Waals surface area (Å²) in [6.07, 6.45) is 4.83. The number of hydrogen-bond donors (Lipinski definition) is 1. The van der Waals surface area contributed by atoms with Crippen molar-refractivity contribution in [2.45, 2.75) is 51.0 Å². The Morgan fingerprint density at radius 2 is 1.94 bits per heavy atom. The van der Waals surface area contributed by atoms with Gasteiger partial charge in [0.05, 0.1) is 12.1 Å². The predicted octanol–water partition coefficient (Wildman–Crippen LogP) is 1.08. The first-order valence-electron chi connectivity index (χ1n) is 6.08. The number of carbonyl (C=O) groups excluding carboxylic acids is 2. The number of imide groups is 1. The van der Waals surface area contributed by atoms with Crippen molar-refractivity contribution < 1.29 is 14.7 Å². The molecule has 0 bridgehead atoms. The van der Waals surface area contributed by atoms with Crippen LogP contribution in [0.4, 0.5) is 0 Å². The van der Waals surface area contributed by atoms with E-state index in [4.69, 9.17) is 0 Å². The molecule has 0 radical (unpaired) electrons. The maximum atomic E-state index is 11.7. The third-order valence-corrected chi connectivity index (χ3v) is 3.71. The lowest BCUT2D eigenvalue weighted by Crippen LogP contribution is -2.46. The van der Waals surface area contributed by atoms with Crippen LogP contribution in [0.2, 0.25) is 0 Å². The van der Waals surface area contributed by atoms with Gasteiger partial charge in [-0.15, -0.1) is 0 Å². The number of amides is 2. The Morgan fingerprint density at radius 3 is 2.44 bits per heavy atom. The number of rotatable bonds is 2. The Hall–Kier alpha value is -0.900. The fourth-order valence-corrected chi connectivity index (χ4v) is 2.68. The molecule has 2 aliphatic rings. The molecule has 90 valence electrons. The van der Waals surface area contributed by atoms with Crippen molar-refractivity contribution in [1.82, 2.24) is 4.90 Å². The summed E-state index contributed by atoms with van der Waals surface area (Å²) in [4.78, 5) is 24.6. The molecule has 4 heteroatoms. The lowest BCUT2D eigenvalue weighted by Gasteiger charge is -2.34. The average molecular weight is 225 g/mol. The molecule has 1 saturated heterocycles. The highest BCUT2D eigenvalue weighted by Crippen LogP contribution is 2.31. The van der Waals surface area contributed by atoms with E-state index in [1.54, 1.807) is 6.92 Å². The van der Waals surface area contributed by atoms with Gasteiger partial charge in [0.1, 0.15) is 0 Å². The van der Waals surface area contributed by atoms with E-state index in [9.17, 15) is 14.7 Å². The molecule has 0 aromatic carbocycles. The number of carbonyl (C=O) groups is 2. The average Bonchev–Trinajstić information content (AvgIpc) is 2.46. The Bertz CT molecular complexity index is 307. The fraction of sp³-hybridized carbons (Fsp3) is 0.833. The molecule has 1 aliphatic heterocycles. The first-order valence-corrected chi connectivity index (χ1v) is 6.08. The minimum Gasteiger partial charge on any atom is -0.388 e. The Labute approximate surface area is 95.6 Å². The van der Waals surface area contributed by atoms with Crippen LogP contribution in [-0.2, 0) is 9.59 Å². The molecule has 2 fully saturated rings. The molecule has 1 heterocycles. The van der Waals surface area contributed by atoms with Crippen LogP contribution in [0, 0.1) is 5.92 Å². The van der Waals surface area contributed by atoms with Gasteiger partial charge >= 0.3 is 0 Å². The van der Waals surface area contributed by atoms with Gasteiger partial charge in [0.15, 0.2) is 0 Å². The highest BCUT2D eigenvalue weighted by Gasteiger charge is 2.41. The van der Waals surface area contributed by atoms with Crippen molar-refractivity contribution in [1.29, 1.82) is 0 Å². The van der Waals surface area contributed by atoms with E-state index >= 15 is 0 Å². The Balaban J connectivity index is 2.03. The molecule has 2 rings (SSSR count). The van der Waals surface area contributed by atoms with E-state index in [0.29, 0.717) is 19.3 Å². The fourth-order valence-electron chi connectivity index (χ4n) is 2.68. The van der Waals surface area contributed by atoms with Gasteiger partial charge in [0.25, 0.3) is 0 Å². The number of β-amino-alcohol motifs (C(OH)–C–C–N with tert-alkyl or cyclic N) is 1. The van der Waals surface area contributed by atoms with Gasteiger partial charge in [-0.25, -0.2) is 0 Å². The van der Waals surface area contributed by atoms with E-state index in [2.05, 4.69) is 0 Å². The van der Waals surface area contributed by atoms with Gasteiger partial charge in [-0.2, -0.15) is 0 Å². The summed E-state index contributed by atoms with van der Waals surface area (Å²) in [5.41, 5.74) is -0.826. The van der Waals surface area contributed by atoms with E-state index in [-0.39, 0.29) is 24.3 Å². The summed E-state index contributed by atoms with van der Waals surface area (Å²) in [5.74, 6) is -0.458. The van der Waals surface area contributed by atoms with Gasteiger partial charge in [0, 0.05) is 12.3 Å². The quantitative estimate of drug-likeness (QED) is 0.715. The molecule has 1 unspecified atom stereocenters. The van der Waals surface area contributed by atoms with Crippen LogP contribution >= 0.6 is 0 Å². The molecule has 0 aromatic heterocycles. The van der Waals surface area contributed by atoms with Crippen LogP contribution in [-0.4, -0.2) is 34.0 Å². The summed E-state index contributed by atoms with van der Waals surface area (Å²) in [5, 5.41) is 10.3. The SMILES string of the molecule is CC1CC(=O)N(CC2(O)CCCCC2)C1=O. The Morgan fingerprint density at radius 1 is 1.31 bits per heavy atom. The van der Waals surface area contributed by atoms with Crippen LogP contribution in [0.3, 0.4) is 0 Å². The van der Waals surface area contributed by atoms with Crippen molar-refractivity contribution in [2.75, 3.05) is 6.54 Å². The van der Waals surface area contributed by atoms with Crippen LogP contribution in [0.25, 0.3) is 0 Å². The third kappa shape index (κ3) is 2.12. The van der Waals surface area contributed by atoms with Crippen molar-refractivity contribution in [3.8, 4) is 0 Å². The first kappa shape index (κ1) is 11.6. The van der Waals surface area contributed by atoms with E-state index < -0.39 is 5.60 Å². The molecule has 2 amide bonds. The summed E-state index contributed by atoms with van der Waals surface area (Å²) in [7, 11) is 0. The van der Waals surface area contributed by atoms with Crippen molar-refractivity contribution in [2.24, 2.45) is 5.92 Å². The molecule has 4 nitrogen and oxygen atoms in total.